The lowest BCUT2D eigenvalue weighted by Crippen LogP contribution is -2.27. The fourth-order valence-corrected chi connectivity index (χ4v) is 2.98. The lowest BCUT2D eigenvalue weighted by atomic mass is 9.83. The molecule has 0 aliphatic carbocycles. The van der Waals surface area contributed by atoms with Gasteiger partial charge in [0.25, 0.3) is 0 Å². The third kappa shape index (κ3) is 2.39. The molecule has 3 unspecified atom stereocenters. The second-order valence-corrected chi connectivity index (χ2v) is 6.56. The summed E-state index contributed by atoms with van der Waals surface area (Å²) >= 11 is 0. The van der Waals surface area contributed by atoms with Gasteiger partial charge in [-0.2, -0.15) is 5.10 Å². The Morgan fingerprint density at radius 3 is 2.47 bits per heavy atom. The summed E-state index contributed by atoms with van der Waals surface area (Å²) in [5.74, 6) is 0.605. The predicted octanol–water partition coefficient (Wildman–Crippen LogP) is 2.57. The van der Waals surface area contributed by atoms with Gasteiger partial charge in [0.2, 0.25) is 0 Å². The molecule has 1 aliphatic rings. The van der Waals surface area contributed by atoms with E-state index in [4.69, 9.17) is 0 Å². The number of hydrogen-bond acceptors (Lipinski definition) is 2. The van der Waals surface area contributed by atoms with E-state index in [9.17, 15) is 0 Å². The second-order valence-electron chi connectivity index (χ2n) is 6.56. The van der Waals surface area contributed by atoms with E-state index in [1.807, 2.05) is 11.7 Å². The quantitative estimate of drug-likeness (QED) is 0.811. The Bertz CT molecular complexity index is 400. The minimum atomic E-state index is 0.127. The van der Waals surface area contributed by atoms with Crippen LogP contribution in [0.25, 0.3) is 0 Å². The van der Waals surface area contributed by atoms with E-state index < -0.39 is 0 Å². The molecule has 0 amide bonds. The van der Waals surface area contributed by atoms with Gasteiger partial charge >= 0.3 is 0 Å². The van der Waals surface area contributed by atoms with Gasteiger partial charge in [0.05, 0.1) is 5.69 Å². The average molecular weight is 235 g/mol. The van der Waals surface area contributed by atoms with Crippen molar-refractivity contribution >= 4 is 0 Å². The van der Waals surface area contributed by atoms with E-state index in [1.54, 1.807) is 0 Å². The van der Waals surface area contributed by atoms with E-state index in [1.165, 1.54) is 17.7 Å². The third-order valence-corrected chi connectivity index (χ3v) is 3.73. The smallest absolute Gasteiger partial charge is 0.0713 e. The average Bonchev–Trinajstić information content (AvgIpc) is 2.68. The summed E-state index contributed by atoms with van der Waals surface area (Å²) in [5, 5.41) is 8.29. The van der Waals surface area contributed by atoms with Gasteiger partial charge in [-0.15, -0.1) is 0 Å². The highest BCUT2D eigenvalue weighted by Crippen LogP contribution is 2.36. The maximum atomic E-state index is 4.67. The Balaban J connectivity index is 2.39. The van der Waals surface area contributed by atoms with Gasteiger partial charge in [0, 0.05) is 36.7 Å². The van der Waals surface area contributed by atoms with Crippen LogP contribution >= 0.6 is 0 Å². The molecule has 17 heavy (non-hydrogen) atoms. The summed E-state index contributed by atoms with van der Waals surface area (Å²) in [4.78, 5) is 0. The Labute approximate surface area is 105 Å². The first kappa shape index (κ1) is 12.6. The maximum Gasteiger partial charge on any atom is 0.0713 e. The number of nitrogens with one attached hydrogen (secondary N) is 1. The Morgan fingerprint density at radius 1 is 1.35 bits per heavy atom. The topological polar surface area (TPSA) is 29.9 Å². The number of nitrogens with zero attached hydrogens (tertiary/aromatic N) is 2. The molecule has 1 aromatic rings. The van der Waals surface area contributed by atoms with Crippen LogP contribution in [0.2, 0.25) is 0 Å². The molecule has 0 radical (unpaired) electrons. The summed E-state index contributed by atoms with van der Waals surface area (Å²) in [5.41, 5.74) is 2.82. The van der Waals surface area contributed by atoms with Crippen LogP contribution in [0.4, 0.5) is 0 Å². The van der Waals surface area contributed by atoms with E-state index in [0.29, 0.717) is 18.0 Å². The van der Waals surface area contributed by atoms with Crippen LogP contribution in [0.1, 0.15) is 58.2 Å². The van der Waals surface area contributed by atoms with Crippen LogP contribution in [0.3, 0.4) is 0 Å². The first-order valence-electron chi connectivity index (χ1n) is 6.59. The van der Waals surface area contributed by atoms with Gasteiger partial charge in [-0.1, -0.05) is 20.8 Å². The molecular formula is C14H25N3. The zero-order valence-corrected chi connectivity index (χ0v) is 11.9. The number of hydrogen-bond donors (Lipinski definition) is 1. The SMILES string of the molecule is CC1CC(c2cn(C)nc2C(C)(C)C)C(C)N1. The first-order valence-corrected chi connectivity index (χ1v) is 6.59. The Hall–Kier alpha value is -0.830. The van der Waals surface area contributed by atoms with Crippen molar-refractivity contribution in [1.29, 1.82) is 0 Å². The highest BCUT2D eigenvalue weighted by Gasteiger charge is 2.34. The van der Waals surface area contributed by atoms with E-state index in [2.05, 4.69) is 51.2 Å². The molecule has 2 heterocycles. The van der Waals surface area contributed by atoms with Crippen molar-refractivity contribution in [2.75, 3.05) is 0 Å². The van der Waals surface area contributed by atoms with Crippen LogP contribution in [-0.4, -0.2) is 21.9 Å². The number of rotatable bonds is 1. The molecule has 1 aliphatic heterocycles. The second kappa shape index (κ2) is 4.13. The Kier molecular flexibility index (Phi) is 3.06. The molecule has 0 spiro atoms. The van der Waals surface area contributed by atoms with Gasteiger partial charge in [0.1, 0.15) is 0 Å². The summed E-state index contributed by atoms with van der Waals surface area (Å²) in [6, 6.07) is 1.17. The number of aryl methyl sites for hydroxylation is 1. The molecule has 2 rings (SSSR count). The van der Waals surface area contributed by atoms with Crippen LogP contribution in [0, 0.1) is 0 Å². The van der Waals surface area contributed by atoms with Gasteiger partial charge in [0.15, 0.2) is 0 Å². The minimum Gasteiger partial charge on any atom is -0.311 e. The summed E-state index contributed by atoms with van der Waals surface area (Å²) < 4.78 is 1.96. The standard InChI is InChI=1S/C14H25N3/c1-9-7-11(10(2)15-9)12-8-17(6)16-13(12)14(3,4)5/h8-11,15H,7H2,1-6H3. The molecule has 1 N–H and O–H groups in total. The largest absolute Gasteiger partial charge is 0.311 e. The molecule has 0 aromatic carbocycles. The van der Waals surface area contributed by atoms with Crippen LogP contribution in [0.15, 0.2) is 6.20 Å². The molecule has 96 valence electrons. The molecule has 1 saturated heterocycles. The molecular weight excluding hydrogens is 210 g/mol. The van der Waals surface area contributed by atoms with Crippen molar-refractivity contribution < 1.29 is 0 Å². The van der Waals surface area contributed by atoms with E-state index in [-0.39, 0.29) is 5.41 Å². The summed E-state index contributed by atoms with van der Waals surface area (Å²) in [6.07, 6.45) is 3.43. The van der Waals surface area contributed by atoms with Gasteiger partial charge < -0.3 is 5.32 Å². The maximum absolute atomic E-state index is 4.67. The highest BCUT2D eigenvalue weighted by atomic mass is 15.3. The van der Waals surface area contributed by atoms with Crippen LogP contribution in [0.5, 0.6) is 0 Å². The summed E-state index contributed by atoms with van der Waals surface area (Å²) in [6.45, 7) is 11.3. The molecule has 3 heteroatoms. The van der Waals surface area contributed by atoms with E-state index in [0.717, 1.165) is 0 Å². The van der Waals surface area contributed by atoms with Crippen molar-refractivity contribution in [3.05, 3.63) is 17.5 Å². The predicted molar refractivity (Wildman–Crippen MR) is 71.3 cm³/mol. The van der Waals surface area contributed by atoms with Crippen LogP contribution in [-0.2, 0) is 12.5 Å². The fourth-order valence-electron chi connectivity index (χ4n) is 2.98. The lowest BCUT2D eigenvalue weighted by Gasteiger charge is -2.22. The minimum absolute atomic E-state index is 0.127. The molecule has 3 atom stereocenters. The zero-order chi connectivity index (χ0) is 12.8. The third-order valence-electron chi connectivity index (χ3n) is 3.73. The van der Waals surface area contributed by atoms with E-state index >= 15 is 0 Å². The monoisotopic (exact) mass is 235 g/mol. The van der Waals surface area contributed by atoms with Crippen molar-refractivity contribution in [1.82, 2.24) is 15.1 Å². The normalized spacial score (nSPS) is 29.9. The van der Waals surface area contributed by atoms with Crippen molar-refractivity contribution in [2.45, 2.75) is 64.5 Å². The number of aromatic nitrogens is 2. The van der Waals surface area contributed by atoms with Crippen LogP contribution < -0.4 is 5.32 Å². The molecule has 0 saturated carbocycles. The fraction of sp³-hybridized carbons (Fsp3) is 0.786. The molecule has 0 bridgehead atoms. The lowest BCUT2D eigenvalue weighted by molar-refractivity contribution is 0.528. The van der Waals surface area contributed by atoms with Crippen molar-refractivity contribution in [3.8, 4) is 0 Å². The highest BCUT2D eigenvalue weighted by molar-refractivity contribution is 5.30. The van der Waals surface area contributed by atoms with Gasteiger partial charge in [-0.25, -0.2) is 0 Å². The van der Waals surface area contributed by atoms with Crippen molar-refractivity contribution in [3.63, 3.8) is 0 Å². The van der Waals surface area contributed by atoms with Gasteiger partial charge in [-0.05, 0) is 25.8 Å². The molecule has 3 nitrogen and oxygen atoms in total. The van der Waals surface area contributed by atoms with Crippen molar-refractivity contribution in [2.24, 2.45) is 7.05 Å². The molecule has 1 aromatic heterocycles. The summed E-state index contributed by atoms with van der Waals surface area (Å²) in [7, 11) is 2.02. The Morgan fingerprint density at radius 2 is 2.00 bits per heavy atom. The van der Waals surface area contributed by atoms with Gasteiger partial charge in [-0.3, -0.25) is 4.68 Å². The first-order chi connectivity index (χ1) is 7.79. The zero-order valence-electron chi connectivity index (χ0n) is 11.9. The molecule has 1 fully saturated rings.